The molecule has 1 heteroatoms. The standard InChI is InChI=1S/C15H20O/c1-11(2)14-9-8-12(3)6-5-7-13(4)15(16)10-14/h5,7-9,11,14H,3-4,6,10H2,1-2H3/b7-5-,9-8+/t14-/m1/s1. The lowest BCUT2D eigenvalue weighted by Gasteiger charge is -2.17. The molecule has 16 heavy (non-hydrogen) atoms. The number of ketones is 1. The normalized spacial score (nSPS) is 26.9. The molecule has 0 aromatic heterocycles. The Labute approximate surface area is 98.2 Å². The van der Waals surface area contributed by atoms with Gasteiger partial charge in [-0.1, -0.05) is 56.9 Å². The third kappa shape index (κ3) is 3.65. The molecule has 1 atom stereocenters. The van der Waals surface area contributed by atoms with Gasteiger partial charge in [0.05, 0.1) is 0 Å². The van der Waals surface area contributed by atoms with E-state index < -0.39 is 0 Å². The molecule has 1 aliphatic carbocycles. The van der Waals surface area contributed by atoms with Crippen LogP contribution in [0.3, 0.4) is 0 Å². The first-order chi connectivity index (χ1) is 7.50. The van der Waals surface area contributed by atoms with Crippen LogP contribution in [0.25, 0.3) is 0 Å². The lowest BCUT2D eigenvalue weighted by molar-refractivity contribution is -0.116. The number of Topliss-reactive ketones (excluding diaryl/α,β-unsaturated/α-hetero) is 1. The molecule has 0 heterocycles. The molecule has 0 spiro atoms. The smallest absolute Gasteiger partial charge is 0.162 e. The van der Waals surface area contributed by atoms with E-state index in [1.165, 1.54) is 0 Å². The zero-order chi connectivity index (χ0) is 12.1. The Hall–Kier alpha value is -1.37. The first-order valence-electron chi connectivity index (χ1n) is 5.75. The molecule has 0 N–H and O–H groups in total. The highest BCUT2D eigenvalue weighted by Crippen LogP contribution is 2.21. The maximum atomic E-state index is 11.8. The molecule has 0 saturated carbocycles. The lowest BCUT2D eigenvalue weighted by Crippen LogP contribution is -2.13. The SMILES string of the molecule is C=C1/C=C/[C@@H](C(C)C)CC(=O)C(=C)/C=C\C1. The summed E-state index contributed by atoms with van der Waals surface area (Å²) in [5.74, 6) is 0.892. The van der Waals surface area contributed by atoms with E-state index >= 15 is 0 Å². The van der Waals surface area contributed by atoms with Crippen LogP contribution >= 0.6 is 0 Å². The lowest BCUT2D eigenvalue weighted by atomic mass is 9.87. The minimum absolute atomic E-state index is 0.145. The van der Waals surface area contributed by atoms with Gasteiger partial charge in [-0.25, -0.2) is 0 Å². The molecular formula is C15H20O. The molecule has 0 radical (unpaired) electrons. The number of hydrogen-bond donors (Lipinski definition) is 0. The third-order valence-corrected chi connectivity index (χ3v) is 2.91. The summed E-state index contributed by atoms with van der Waals surface area (Å²) in [6.07, 6.45) is 9.23. The fraction of sp³-hybridized carbons (Fsp3) is 0.400. The average Bonchev–Trinajstić information content (AvgIpc) is 2.22. The van der Waals surface area contributed by atoms with E-state index in [1.807, 2.05) is 18.2 Å². The molecule has 86 valence electrons. The number of allylic oxidation sites excluding steroid dienone is 6. The Balaban J connectivity index is 2.90. The summed E-state index contributed by atoms with van der Waals surface area (Å²) >= 11 is 0. The van der Waals surface area contributed by atoms with E-state index in [2.05, 4.69) is 33.1 Å². The Morgan fingerprint density at radius 2 is 2.00 bits per heavy atom. The average molecular weight is 216 g/mol. The van der Waals surface area contributed by atoms with Crippen molar-refractivity contribution in [2.75, 3.05) is 0 Å². The molecule has 0 unspecified atom stereocenters. The van der Waals surface area contributed by atoms with Gasteiger partial charge in [-0.15, -0.1) is 0 Å². The van der Waals surface area contributed by atoms with Crippen molar-refractivity contribution in [3.63, 3.8) is 0 Å². The second-order valence-electron chi connectivity index (χ2n) is 4.68. The Kier molecular flexibility index (Phi) is 4.48. The number of hydrogen-bond acceptors (Lipinski definition) is 1. The third-order valence-electron chi connectivity index (χ3n) is 2.91. The van der Waals surface area contributed by atoms with Gasteiger partial charge in [0.1, 0.15) is 0 Å². The van der Waals surface area contributed by atoms with Crippen LogP contribution in [0.4, 0.5) is 0 Å². The molecular weight excluding hydrogens is 196 g/mol. The van der Waals surface area contributed by atoms with Gasteiger partial charge >= 0.3 is 0 Å². The molecule has 1 aliphatic rings. The molecule has 0 aromatic rings. The molecule has 0 bridgehead atoms. The van der Waals surface area contributed by atoms with Gasteiger partial charge in [0, 0.05) is 12.0 Å². The van der Waals surface area contributed by atoms with E-state index in [1.54, 1.807) is 0 Å². The minimum Gasteiger partial charge on any atom is -0.294 e. The topological polar surface area (TPSA) is 17.1 Å². The van der Waals surface area contributed by atoms with Gasteiger partial charge in [-0.3, -0.25) is 4.79 Å². The second kappa shape index (κ2) is 5.64. The molecule has 0 aromatic carbocycles. The van der Waals surface area contributed by atoms with Crippen LogP contribution < -0.4 is 0 Å². The van der Waals surface area contributed by atoms with Crippen molar-refractivity contribution in [1.82, 2.24) is 0 Å². The quantitative estimate of drug-likeness (QED) is 0.608. The zero-order valence-electron chi connectivity index (χ0n) is 10.2. The van der Waals surface area contributed by atoms with E-state index in [-0.39, 0.29) is 11.7 Å². The van der Waals surface area contributed by atoms with Crippen LogP contribution in [-0.2, 0) is 4.79 Å². The molecule has 0 aliphatic heterocycles. The van der Waals surface area contributed by atoms with Crippen LogP contribution in [0.1, 0.15) is 26.7 Å². The van der Waals surface area contributed by atoms with Crippen LogP contribution in [0.15, 0.2) is 48.6 Å². The van der Waals surface area contributed by atoms with Crippen LogP contribution in [0.2, 0.25) is 0 Å². The summed E-state index contributed by atoms with van der Waals surface area (Å²) in [7, 11) is 0. The van der Waals surface area contributed by atoms with E-state index in [4.69, 9.17) is 0 Å². The van der Waals surface area contributed by atoms with E-state index in [0.717, 1.165) is 12.0 Å². The van der Waals surface area contributed by atoms with Gasteiger partial charge in [0.2, 0.25) is 0 Å². The first kappa shape index (κ1) is 12.7. The predicted molar refractivity (Wildman–Crippen MR) is 69.1 cm³/mol. The fourth-order valence-electron chi connectivity index (χ4n) is 1.64. The zero-order valence-corrected chi connectivity index (χ0v) is 10.2. The maximum absolute atomic E-state index is 11.8. The largest absolute Gasteiger partial charge is 0.294 e. The van der Waals surface area contributed by atoms with Crippen LogP contribution in [0.5, 0.6) is 0 Å². The molecule has 0 fully saturated rings. The molecule has 1 nitrogen and oxygen atoms in total. The van der Waals surface area contributed by atoms with Crippen LogP contribution in [0, 0.1) is 11.8 Å². The molecule has 1 rings (SSSR count). The Morgan fingerprint density at radius 3 is 2.62 bits per heavy atom. The summed E-state index contributed by atoms with van der Waals surface area (Å²) in [5.41, 5.74) is 1.68. The summed E-state index contributed by atoms with van der Waals surface area (Å²) in [4.78, 5) is 11.8. The fourth-order valence-corrected chi connectivity index (χ4v) is 1.64. The van der Waals surface area contributed by atoms with Crippen molar-refractivity contribution in [2.45, 2.75) is 26.7 Å². The number of rotatable bonds is 1. The van der Waals surface area contributed by atoms with E-state index in [0.29, 0.717) is 17.9 Å². The van der Waals surface area contributed by atoms with E-state index in [9.17, 15) is 4.79 Å². The van der Waals surface area contributed by atoms with Crippen molar-refractivity contribution in [3.8, 4) is 0 Å². The highest BCUT2D eigenvalue weighted by atomic mass is 16.1. The van der Waals surface area contributed by atoms with Crippen LogP contribution in [-0.4, -0.2) is 5.78 Å². The number of carbonyl (C=O) groups excluding carboxylic acids is 1. The van der Waals surface area contributed by atoms with Crippen molar-refractivity contribution in [1.29, 1.82) is 0 Å². The molecule has 0 saturated heterocycles. The van der Waals surface area contributed by atoms with Crippen molar-refractivity contribution in [2.24, 2.45) is 11.8 Å². The highest BCUT2D eigenvalue weighted by molar-refractivity contribution is 5.97. The summed E-state index contributed by atoms with van der Waals surface area (Å²) in [5, 5.41) is 0. The summed E-state index contributed by atoms with van der Waals surface area (Å²) in [6.45, 7) is 12.0. The number of carbonyl (C=O) groups is 1. The van der Waals surface area contributed by atoms with Gasteiger partial charge in [-0.2, -0.15) is 0 Å². The second-order valence-corrected chi connectivity index (χ2v) is 4.68. The van der Waals surface area contributed by atoms with Crippen molar-refractivity contribution < 1.29 is 4.79 Å². The predicted octanol–water partition coefficient (Wildman–Crippen LogP) is 3.85. The first-order valence-corrected chi connectivity index (χ1v) is 5.75. The monoisotopic (exact) mass is 216 g/mol. The Morgan fingerprint density at radius 1 is 1.31 bits per heavy atom. The van der Waals surface area contributed by atoms with Gasteiger partial charge in [0.15, 0.2) is 5.78 Å². The van der Waals surface area contributed by atoms with Crippen molar-refractivity contribution in [3.05, 3.63) is 48.6 Å². The van der Waals surface area contributed by atoms with Crippen molar-refractivity contribution >= 4 is 5.78 Å². The van der Waals surface area contributed by atoms with Gasteiger partial charge in [0.25, 0.3) is 0 Å². The Bertz CT molecular complexity index is 356. The summed E-state index contributed by atoms with van der Waals surface area (Å²) in [6, 6.07) is 0. The highest BCUT2D eigenvalue weighted by Gasteiger charge is 2.16. The minimum atomic E-state index is 0.145. The summed E-state index contributed by atoms with van der Waals surface area (Å²) < 4.78 is 0. The maximum Gasteiger partial charge on any atom is 0.162 e. The molecule has 0 amide bonds. The van der Waals surface area contributed by atoms with Gasteiger partial charge < -0.3 is 0 Å². The van der Waals surface area contributed by atoms with Gasteiger partial charge in [-0.05, 0) is 18.3 Å².